The summed E-state index contributed by atoms with van der Waals surface area (Å²) in [6.45, 7) is 39.6. The molecule has 3 atom stereocenters. The van der Waals surface area contributed by atoms with Crippen LogP contribution < -0.4 is 4.74 Å². The summed E-state index contributed by atoms with van der Waals surface area (Å²) < 4.78 is 30.4. The summed E-state index contributed by atoms with van der Waals surface area (Å²) in [7, 11) is 0. The van der Waals surface area contributed by atoms with E-state index in [1.807, 2.05) is 113 Å². The monoisotopic (exact) mass is 1130 g/mol. The van der Waals surface area contributed by atoms with Gasteiger partial charge in [0, 0.05) is 6.61 Å². The fourth-order valence-corrected chi connectivity index (χ4v) is 11.7. The fourth-order valence-electron chi connectivity index (χ4n) is 11.1. The first-order valence-electron chi connectivity index (χ1n) is 28.5. The number of carbonyl (C=O) groups excluding carboxylic acids is 3. The van der Waals surface area contributed by atoms with Crippen molar-refractivity contribution in [1.29, 1.82) is 0 Å². The van der Waals surface area contributed by atoms with Crippen LogP contribution in [0.2, 0.25) is 0 Å². The highest BCUT2D eigenvalue weighted by molar-refractivity contribution is 14.1. The normalized spacial score (nSPS) is 23.6. The van der Waals surface area contributed by atoms with Crippen molar-refractivity contribution in [2.24, 2.45) is 51.8 Å². The lowest BCUT2D eigenvalue weighted by atomic mass is 9.47. The number of aromatic hydroxyl groups is 1. The zero-order valence-corrected chi connectivity index (χ0v) is 51.5. The molecule has 0 saturated heterocycles. The van der Waals surface area contributed by atoms with Gasteiger partial charge in [0.1, 0.15) is 28.3 Å². The van der Waals surface area contributed by atoms with Crippen LogP contribution >= 0.6 is 22.6 Å². The van der Waals surface area contributed by atoms with Gasteiger partial charge in [0.15, 0.2) is 6.29 Å². The summed E-state index contributed by atoms with van der Waals surface area (Å²) in [5, 5.41) is 9.01. The van der Waals surface area contributed by atoms with Crippen LogP contribution in [-0.2, 0) is 38.9 Å². The maximum atomic E-state index is 12.8. The Hall–Kier alpha value is -2.86. The largest absolute Gasteiger partial charge is 0.508 e. The Morgan fingerprint density at radius 3 is 1.53 bits per heavy atom. The van der Waals surface area contributed by atoms with Crippen LogP contribution in [0, 0.1) is 55.3 Å². The number of ether oxygens (including phenoxy) is 5. The van der Waals surface area contributed by atoms with Gasteiger partial charge in [-0.15, -0.1) is 0 Å². The first-order valence-corrected chi connectivity index (χ1v) is 29.6. The maximum absolute atomic E-state index is 12.8. The molecular formula is C63H103IO9. The van der Waals surface area contributed by atoms with Crippen LogP contribution in [0.4, 0.5) is 0 Å². The van der Waals surface area contributed by atoms with Crippen molar-refractivity contribution in [2.45, 2.75) is 250 Å². The van der Waals surface area contributed by atoms with Gasteiger partial charge in [-0.3, -0.25) is 14.4 Å². The lowest BCUT2D eigenvalue weighted by Crippen LogP contribution is -2.63. The van der Waals surface area contributed by atoms with Crippen molar-refractivity contribution in [2.75, 3.05) is 6.61 Å². The van der Waals surface area contributed by atoms with Crippen molar-refractivity contribution < 1.29 is 43.2 Å². The summed E-state index contributed by atoms with van der Waals surface area (Å²) in [6.07, 6.45) is 15.1. The number of carbonyl (C=O) groups is 3. The predicted molar refractivity (Wildman–Crippen MR) is 306 cm³/mol. The average Bonchev–Trinajstić information content (AvgIpc) is 3.83. The van der Waals surface area contributed by atoms with Crippen LogP contribution in [0.3, 0.4) is 0 Å². The smallest absolute Gasteiger partial charge is 0.312 e. The molecule has 9 nitrogen and oxygen atoms in total. The number of esters is 3. The molecular weight excluding hydrogens is 1030 g/mol. The Labute approximate surface area is 458 Å². The molecule has 5 aliphatic carbocycles. The third-order valence-corrected chi connectivity index (χ3v) is 18.8. The van der Waals surface area contributed by atoms with Gasteiger partial charge in [-0.25, -0.2) is 0 Å². The highest BCUT2D eigenvalue weighted by Gasteiger charge is 2.61. The van der Waals surface area contributed by atoms with Crippen LogP contribution in [0.5, 0.6) is 11.5 Å². The zero-order chi connectivity index (χ0) is 55.3. The number of hydrogen-bond donors (Lipinski definition) is 1. The number of phenolic OH excluding ortho intramolecular Hbond substituents is 1. The van der Waals surface area contributed by atoms with Crippen molar-refractivity contribution in [3.8, 4) is 11.5 Å². The minimum atomic E-state index is -0.659. The molecule has 7 rings (SSSR count). The molecule has 10 heteroatoms. The third kappa shape index (κ3) is 16.6. The summed E-state index contributed by atoms with van der Waals surface area (Å²) in [5.41, 5.74) is 0.0792. The highest BCUT2D eigenvalue weighted by atomic mass is 127. The molecule has 3 unspecified atom stereocenters. The second kappa shape index (κ2) is 27.5. The molecule has 0 heterocycles. The number of phenols is 1. The van der Waals surface area contributed by atoms with E-state index in [-0.39, 0.29) is 46.2 Å². The SMILES string of the molecule is CCC(C)(C)C(=O)OC1(C(C)C)C2CC3CC(C2)CC1C3.CCC(C)(C)C(=O)OC1(C(C)C)CCCC1.CCC(C)c1ccc(O)cc1.CCOC(C)Oc1ccc(C(C)(CC)OC(=O)C(C)(C)CC)cc1I. The van der Waals surface area contributed by atoms with Crippen LogP contribution in [0.1, 0.15) is 238 Å². The van der Waals surface area contributed by atoms with Gasteiger partial charge in [0.05, 0.1) is 19.8 Å². The Morgan fingerprint density at radius 2 is 1.12 bits per heavy atom. The van der Waals surface area contributed by atoms with E-state index in [0.29, 0.717) is 48.4 Å². The van der Waals surface area contributed by atoms with E-state index < -0.39 is 11.0 Å². The number of rotatable bonds is 19. The van der Waals surface area contributed by atoms with Crippen molar-refractivity contribution >= 4 is 40.5 Å². The molecule has 0 spiro atoms. The van der Waals surface area contributed by atoms with E-state index in [9.17, 15) is 14.4 Å². The van der Waals surface area contributed by atoms with Crippen LogP contribution in [0.25, 0.3) is 0 Å². The molecule has 0 aromatic heterocycles. The van der Waals surface area contributed by atoms with Gasteiger partial charge in [0.2, 0.25) is 0 Å². The van der Waals surface area contributed by atoms with Crippen molar-refractivity contribution in [1.82, 2.24) is 0 Å². The molecule has 0 radical (unpaired) electrons. The van der Waals surface area contributed by atoms with Gasteiger partial charge in [-0.05, 0) is 252 Å². The van der Waals surface area contributed by atoms with E-state index in [0.717, 1.165) is 65.2 Å². The van der Waals surface area contributed by atoms with Gasteiger partial charge >= 0.3 is 17.9 Å². The molecule has 5 fully saturated rings. The molecule has 5 aliphatic rings. The van der Waals surface area contributed by atoms with Gasteiger partial charge in [-0.1, -0.05) is 87.4 Å². The number of benzene rings is 2. The maximum Gasteiger partial charge on any atom is 0.312 e. The molecule has 2 aromatic rings. The lowest BCUT2D eigenvalue weighted by molar-refractivity contribution is -0.231. The zero-order valence-electron chi connectivity index (χ0n) is 49.4. The minimum Gasteiger partial charge on any atom is -0.508 e. The van der Waals surface area contributed by atoms with Crippen molar-refractivity contribution in [3.05, 3.63) is 57.2 Å². The van der Waals surface area contributed by atoms with Gasteiger partial charge < -0.3 is 28.8 Å². The first kappa shape index (κ1) is 64.4. The van der Waals surface area contributed by atoms with E-state index in [1.165, 1.54) is 50.5 Å². The fraction of sp³-hybridized carbons (Fsp3) is 0.762. The summed E-state index contributed by atoms with van der Waals surface area (Å²) >= 11 is 2.24. The Balaban J connectivity index is 0.000000266. The van der Waals surface area contributed by atoms with Gasteiger partial charge in [0.25, 0.3) is 0 Å². The molecule has 416 valence electrons. The third-order valence-electron chi connectivity index (χ3n) is 18.0. The quantitative estimate of drug-likeness (QED) is 0.0635. The van der Waals surface area contributed by atoms with Gasteiger partial charge in [-0.2, -0.15) is 0 Å². The van der Waals surface area contributed by atoms with Crippen LogP contribution in [0.15, 0.2) is 42.5 Å². The molecule has 0 aliphatic heterocycles. The summed E-state index contributed by atoms with van der Waals surface area (Å²) in [4.78, 5) is 37.5. The van der Waals surface area contributed by atoms with E-state index in [4.69, 9.17) is 28.8 Å². The number of hydrogen-bond acceptors (Lipinski definition) is 9. The van der Waals surface area contributed by atoms with E-state index in [2.05, 4.69) is 71.1 Å². The van der Waals surface area contributed by atoms with Crippen molar-refractivity contribution in [3.63, 3.8) is 0 Å². The topological polar surface area (TPSA) is 118 Å². The van der Waals surface area contributed by atoms with E-state index in [1.54, 1.807) is 12.1 Å². The highest BCUT2D eigenvalue weighted by Crippen LogP contribution is 2.62. The number of halogens is 1. The molecule has 73 heavy (non-hydrogen) atoms. The van der Waals surface area contributed by atoms with Crippen LogP contribution in [-0.4, -0.2) is 47.1 Å². The Bertz CT molecular complexity index is 2000. The molecule has 1 N–H and O–H groups in total. The molecule has 4 bridgehead atoms. The average molecular weight is 1130 g/mol. The summed E-state index contributed by atoms with van der Waals surface area (Å²) in [5.74, 6) is 5.47. The minimum absolute atomic E-state index is 0.0226. The summed E-state index contributed by atoms with van der Waals surface area (Å²) in [6, 6.07) is 13.3. The predicted octanol–water partition coefficient (Wildman–Crippen LogP) is 17.3. The second-order valence-electron chi connectivity index (χ2n) is 24.9. The standard InChI is InChI=1S/C20H31IO4.C19H32O2.C14H26O2.C10H14O/c1-8-19(5,6)18(22)25-20(7,9-2)15-11-12-17(16(21)13-15)24-14(4)23-10-3;1-6-18(4,5)17(20)21-19(12(2)3)15-8-13-7-14(10-15)11-16(19)9-13;1-6-13(4,5)12(15)16-14(11(2)3)9-7-8-10-14;1-3-8(2)9-4-6-10(11)7-5-9/h11-14H,8-10H2,1-7H3;12-16H,6-11H2,1-5H3;11H,6-10H2,1-5H3;4-8,11H,3H2,1-2H3. The molecule has 0 amide bonds. The lowest BCUT2D eigenvalue weighted by Gasteiger charge is -2.62. The Morgan fingerprint density at radius 1 is 0.644 bits per heavy atom. The first-order chi connectivity index (χ1) is 34.0. The van der Waals surface area contributed by atoms with E-state index >= 15 is 0 Å². The second-order valence-corrected chi connectivity index (χ2v) is 26.1. The Kier molecular flexibility index (Phi) is 24.2. The molecule has 5 saturated carbocycles. The molecule has 2 aromatic carbocycles.